The zero-order valence-corrected chi connectivity index (χ0v) is 22.9. The fourth-order valence-electron chi connectivity index (χ4n) is 6.10. The SMILES string of the molecule is N#Cc1c[nH]c2nc(Nc3ccc(C(=O)N4CCC(N5CCOCC5)CC4)c4c3OCCO4)nc(NC3CCC3)c12. The first-order chi connectivity index (χ1) is 20.2. The van der Waals surface area contributed by atoms with Gasteiger partial charge in [0.05, 0.1) is 35.4 Å². The Balaban J connectivity index is 1.13. The molecule has 7 rings (SSSR count). The highest BCUT2D eigenvalue weighted by Gasteiger charge is 2.32. The van der Waals surface area contributed by atoms with Crippen LogP contribution in [-0.4, -0.2) is 95.3 Å². The summed E-state index contributed by atoms with van der Waals surface area (Å²) in [6.45, 7) is 5.66. The Bertz CT molecular complexity index is 1480. The zero-order valence-electron chi connectivity index (χ0n) is 22.9. The number of aromatic amines is 1. The average Bonchev–Trinajstić information content (AvgIpc) is 3.43. The van der Waals surface area contributed by atoms with Crippen LogP contribution in [-0.2, 0) is 4.74 Å². The number of H-pyrrole nitrogens is 1. The van der Waals surface area contributed by atoms with Crippen LogP contribution in [0.2, 0.25) is 0 Å². The van der Waals surface area contributed by atoms with Gasteiger partial charge < -0.3 is 34.7 Å². The number of fused-ring (bicyclic) bond motifs is 2. The van der Waals surface area contributed by atoms with Crippen molar-refractivity contribution in [1.82, 2.24) is 24.8 Å². The third kappa shape index (κ3) is 5.00. The Morgan fingerprint density at radius 1 is 1.00 bits per heavy atom. The molecule has 0 unspecified atom stereocenters. The molecule has 4 aliphatic rings. The summed E-state index contributed by atoms with van der Waals surface area (Å²) in [7, 11) is 0. The van der Waals surface area contributed by atoms with Crippen molar-refractivity contribution < 1.29 is 19.0 Å². The quantitative estimate of drug-likeness (QED) is 0.413. The number of amides is 1. The Labute approximate surface area is 238 Å². The van der Waals surface area contributed by atoms with Gasteiger partial charge in [0.2, 0.25) is 5.95 Å². The van der Waals surface area contributed by atoms with Crippen LogP contribution < -0.4 is 20.1 Å². The van der Waals surface area contributed by atoms with E-state index in [0.29, 0.717) is 89.5 Å². The molecule has 5 heterocycles. The van der Waals surface area contributed by atoms with Gasteiger partial charge in [-0.2, -0.15) is 15.2 Å². The number of piperidine rings is 1. The number of anilines is 3. The van der Waals surface area contributed by atoms with Crippen LogP contribution in [0, 0.1) is 11.3 Å². The molecule has 1 aliphatic carbocycles. The van der Waals surface area contributed by atoms with Crippen molar-refractivity contribution in [3.63, 3.8) is 0 Å². The van der Waals surface area contributed by atoms with Crippen LogP contribution in [0.4, 0.5) is 17.5 Å². The van der Waals surface area contributed by atoms with Crippen molar-refractivity contribution >= 4 is 34.4 Å². The maximum Gasteiger partial charge on any atom is 0.257 e. The molecule has 1 aromatic carbocycles. The highest BCUT2D eigenvalue weighted by atomic mass is 16.6. The summed E-state index contributed by atoms with van der Waals surface area (Å²) in [6, 6.07) is 6.66. The van der Waals surface area contributed by atoms with Crippen molar-refractivity contribution in [2.45, 2.75) is 44.2 Å². The van der Waals surface area contributed by atoms with Crippen LogP contribution >= 0.6 is 0 Å². The molecule has 41 heavy (non-hydrogen) atoms. The predicted octanol–water partition coefficient (Wildman–Crippen LogP) is 3.25. The van der Waals surface area contributed by atoms with Crippen LogP contribution in [0.5, 0.6) is 11.5 Å². The molecule has 3 fully saturated rings. The standard InChI is InChI=1S/C29H34N8O4/c30-16-18-17-31-26-23(18)27(32-19-2-1-3-19)35-29(34-26)33-22-5-4-21(24-25(22)41-15-14-40-24)28(38)37-8-6-20(7-9-37)36-10-12-39-13-11-36/h4-5,17,19-20H,1-3,6-15H2,(H3,31,32,33,34,35). The van der Waals surface area contributed by atoms with Crippen molar-refractivity contribution in [2.75, 3.05) is 63.2 Å². The number of ether oxygens (including phenoxy) is 3. The molecule has 0 bridgehead atoms. The second-order valence-electron chi connectivity index (χ2n) is 11.0. The van der Waals surface area contributed by atoms with Crippen LogP contribution in [0.15, 0.2) is 18.3 Å². The van der Waals surface area contributed by atoms with E-state index in [1.165, 1.54) is 6.42 Å². The lowest BCUT2D eigenvalue weighted by atomic mass is 9.93. The highest BCUT2D eigenvalue weighted by Crippen LogP contribution is 2.42. The highest BCUT2D eigenvalue weighted by molar-refractivity contribution is 5.99. The van der Waals surface area contributed by atoms with Crippen molar-refractivity contribution in [1.29, 1.82) is 5.26 Å². The summed E-state index contributed by atoms with van der Waals surface area (Å²) in [5.41, 5.74) is 2.18. The Morgan fingerprint density at radius 3 is 2.51 bits per heavy atom. The largest absolute Gasteiger partial charge is 0.485 e. The molecule has 3 aliphatic heterocycles. The monoisotopic (exact) mass is 558 g/mol. The zero-order chi connectivity index (χ0) is 27.8. The van der Waals surface area contributed by atoms with E-state index in [1.54, 1.807) is 12.3 Å². The fraction of sp³-hybridized carbons (Fsp3) is 0.517. The Morgan fingerprint density at radius 2 is 1.78 bits per heavy atom. The number of rotatable bonds is 6. The Hall–Kier alpha value is -4.08. The van der Waals surface area contributed by atoms with E-state index in [4.69, 9.17) is 19.2 Å². The van der Waals surface area contributed by atoms with Gasteiger partial charge in [-0.15, -0.1) is 0 Å². The molecule has 0 atom stereocenters. The van der Waals surface area contributed by atoms with Gasteiger partial charge in [-0.3, -0.25) is 9.69 Å². The number of hydrogen-bond acceptors (Lipinski definition) is 10. The summed E-state index contributed by atoms with van der Waals surface area (Å²) in [5, 5.41) is 17.0. The lowest BCUT2D eigenvalue weighted by molar-refractivity contribution is 0.00152. The number of nitrogens with one attached hydrogen (secondary N) is 3. The smallest absolute Gasteiger partial charge is 0.257 e. The second kappa shape index (κ2) is 11.1. The third-order valence-corrected chi connectivity index (χ3v) is 8.58. The van der Waals surface area contributed by atoms with Crippen molar-refractivity contribution in [2.24, 2.45) is 0 Å². The van der Waals surface area contributed by atoms with Gasteiger partial charge >= 0.3 is 0 Å². The average molecular weight is 559 g/mol. The molecule has 12 nitrogen and oxygen atoms in total. The second-order valence-corrected chi connectivity index (χ2v) is 11.0. The molecule has 2 saturated heterocycles. The lowest BCUT2D eigenvalue weighted by Crippen LogP contribution is -2.50. The predicted molar refractivity (Wildman–Crippen MR) is 152 cm³/mol. The van der Waals surface area contributed by atoms with E-state index in [-0.39, 0.29) is 5.91 Å². The fourth-order valence-corrected chi connectivity index (χ4v) is 6.10. The maximum absolute atomic E-state index is 13.7. The van der Waals surface area contributed by atoms with Crippen LogP contribution in [0.1, 0.15) is 48.0 Å². The number of nitriles is 1. The molecular weight excluding hydrogens is 524 g/mol. The molecule has 12 heteroatoms. The summed E-state index contributed by atoms with van der Waals surface area (Å²) >= 11 is 0. The van der Waals surface area contributed by atoms with Gasteiger partial charge in [0, 0.05) is 44.5 Å². The number of carbonyl (C=O) groups is 1. The van der Waals surface area contributed by atoms with Gasteiger partial charge in [0.25, 0.3) is 5.91 Å². The first-order valence-corrected chi connectivity index (χ1v) is 14.5. The number of carbonyl (C=O) groups excluding carboxylic acids is 1. The van der Waals surface area contributed by atoms with Gasteiger partial charge in [-0.05, 0) is 44.2 Å². The number of nitrogens with zero attached hydrogens (tertiary/aromatic N) is 5. The molecule has 1 saturated carbocycles. The van der Waals surface area contributed by atoms with E-state index in [9.17, 15) is 10.1 Å². The summed E-state index contributed by atoms with van der Waals surface area (Å²) in [5.74, 6) is 1.86. The molecular formula is C29H34N8O4. The molecule has 214 valence electrons. The molecule has 0 spiro atoms. The minimum atomic E-state index is -0.0428. The third-order valence-electron chi connectivity index (χ3n) is 8.58. The number of hydrogen-bond donors (Lipinski definition) is 3. The van der Waals surface area contributed by atoms with E-state index in [1.807, 2.05) is 11.0 Å². The topological polar surface area (TPSA) is 141 Å². The maximum atomic E-state index is 13.7. The van der Waals surface area contributed by atoms with E-state index in [2.05, 4.69) is 31.6 Å². The number of morpholine rings is 1. The molecule has 3 aromatic rings. The van der Waals surface area contributed by atoms with Gasteiger partial charge in [-0.1, -0.05) is 0 Å². The minimum absolute atomic E-state index is 0.0428. The van der Waals surface area contributed by atoms with E-state index >= 15 is 0 Å². The van der Waals surface area contributed by atoms with Gasteiger partial charge in [0.1, 0.15) is 30.7 Å². The summed E-state index contributed by atoms with van der Waals surface area (Å²) < 4.78 is 17.5. The lowest BCUT2D eigenvalue weighted by Gasteiger charge is -2.40. The van der Waals surface area contributed by atoms with Gasteiger partial charge in [-0.25, -0.2) is 0 Å². The minimum Gasteiger partial charge on any atom is -0.485 e. The molecule has 2 aromatic heterocycles. The van der Waals surface area contributed by atoms with E-state index < -0.39 is 0 Å². The van der Waals surface area contributed by atoms with Crippen molar-refractivity contribution in [3.8, 4) is 17.6 Å². The number of likely N-dealkylation sites (tertiary alicyclic amines) is 1. The van der Waals surface area contributed by atoms with E-state index in [0.717, 1.165) is 52.0 Å². The molecule has 3 N–H and O–H groups in total. The number of aromatic nitrogens is 3. The number of benzene rings is 1. The first-order valence-electron chi connectivity index (χ1n) is 14.5. The normalized spacial score (nSPS) is 19.9. The molecule has 1 amide bonds. The molecule has 0 radical (unpaired) electrons. The van der Waals surface area contributed by atoms with Crippen molar-refractivity contribution in [3.05, 3.63) is 29.5 Å². The summed E-state index contributed by atoms with van der Waals surface area (Å²) in [4.78, 5) is 30.5. The van der Waals surface area contributed by atoms with Crippen LogP contribution in [0.3, 0.4) is 0 Å². The van der Waals surface area contributed by atoms with Gasteiger partial charge in [0.15, 0.2) is 11.5 Å². The summed E-state index contributed by atoms with van der Waals surface area (Å²) in [6.07, 6.45) is 6.87. The Kier molecular flexibility index (Phi) is 6.98. The van der Waals surface area contributed by atoms with Crippen LogP contribution in [0.25, 0.3) is 11.0 Å². The first kappa shape index (κ1) is 25.9.